The summed E-state index contributed by atoms with van der Waals surface area (Å²) in [5.41, 5.74) is 4.79. The standard InChI is InChI=1S/C27H24N2O5/c1-32-16-12-13-22(33-2)20(14-16)25-24(19-10-6-7-11-21(19)28-25)26-17-8-4-5-9-18(17)27(31)29(26)15-23(30)34-3/h4-14,26,28H,15H2,1-3H3/t26-/m0/s1. The zero-order valence-corrected chi connectivity index (χ0v) is 19.1. The van der Waals surface area contributed by atoms with E-state index in [-0.39, 0.29) is 12.5 Å². The molecular formula is C27H24N2O5. The molecule has 1 N–H and O–H groups in total. The van der Waals surface area contributed by atoms with Crippen LogP contribution in [-0.4, -0.2) is 49.6 Å². The van der Waals surface area contributed by atoms with Gasteiger partial charge in [-0.1, -0.05) is 36.4 Å². The molecule has 0 fully saturated rings. The Morgan fingerprint density at radius 2 is 1.71 bits per heavy atom. The Kier molecular flexibility index (Phi) is 5.45. The van der Waals surface area contributed by atoms with E-state index in [1.54, 1.807) is 25.2 Å². The van der Waals surface area contributed by atoms with Gasteiger partial charge in [0.15, 0.2) is 0 Å². The number of hydrogen-bond acceptors (Lipinski definition) is 5. The highest BCUT2D eigenvalue weighted by Gasteiger charge is 2.41. The zero-order chi connectivity index (χ0) is 23.8. The largest absolute Gasteiger partial charge is 0.497 e. The third-order valence-electron chi connectivity index (χ3n) is 6.28. The maximum absolute atomic E-state index is 13.4. The van der Waals surface area contributed by atoms with Crippen molar-refractivity contribution in [3.8, 4) is 22.8 Å². The van der Waals surface area contributed by atoms with Crippen molar-refractivity contribution >= 4 is 22.8 Å². The smallest absolute Gasteiger partial charge is 0.325 e. The number of carbonyl (C=O) groups excluding carboxylic acids is 2. The first-order valence-electron chi connectivity index (χ1n) is 10.9. The molecule has 0 saturated heterocycles. The number of para-hydroxylation sites is 1. The Labute approximate surface area is 196 Å². The summed E-state index contributed by atoms with van der Waals surface area (Å²) in [6, 6.07) is 20.5. The molecule has 5 rings (SSSR count). The lowest BCUT2D eigenvalue weighted by atomic mass is 9.93. The van der Waals surface area contributed by atoms with Crippen molar-refractivity contribution in [2.45, 2.75) is 6.04 Å². The van der Waals surface area contributed by atoms with Crippen LogP contribution in [0, 0.1) is 0 Å². The fraction of sp³-hybridized carbons (Fsp3) is 0.185. The minimum absolute atomic E-state index is 0.164. The number of carbonyl (C=O) groups is 2. The van der Waals surface area contributed by atoms with E-state index in [0.717, 1.165) is 33.3 Å². The van der Waals surface area contributed by atoms with Crippen molar-refractivity contribution in [1.82, 2.24) is 9.88 Å². The maximum Gasteiger partial charge on any atom is 0.325 e. The number of amides is 1. The highest BCUT2D eigenvalue weighted by atomic mass is 16.5. The molecule has 0 unspecified atom stereocenters. The lowest BCUT2D eigenvalue weighted by Gasteiger charge is -2.26. The number of rotatable bonds is 6. The van der Waals surface area contributed by atoms with E-state index in [0.29, 0.717) is 17.1 Å². The van der Waals surface area contributed by atoms with Crippen molar-refractivity contribution in [2.75, 3.05) is 27.9 Å². The molecular weight excluding hydrogens is 432 g/mol. The van der Waals surface area contributed by atoms with Crippen LogP contribution in [0.15, 0.2) is 66.7 Å². The van der Waals surface area contributed by atoms with Crippen LogP contribution < -0.4 is 9.47 Å². The molecule has 0 aliphatic carbocycles. The van der Waals surface area contributed by atoms with Crippen LogP contribution in [0.3, 0.4) is 0 Å². The molecule has 1 aromatic heterocycles. The Balaban J connectivity index is 1.82. The predicted molar refractivity (Wildman–Crippen MR) is 128 cm³/mol. The van der Waals surface area contributed by atoms with Gasteiger partial charge in [-0.25, -0.2) is 0 Å². The first kappa shape index (κ1) is 21.6. The van der Waals surface area contributed by atoms with E-state index in [4.69, 9.17) is 14.2 Å². The van der Waals surface area contributed by atoms with E-state index in [2.05, 4.69) is 4.98 Å². The predicted octanol–water partition coefficient (Wildman–Crippen LogP) is 4.57. The second-order valence-electron chi connectivity index (χ2n) is 8.02. The molecule has 3 aromatic carbocycles. The third-order valence-corrected chi connectivity index (χ3v) is 6.28. The molecule has 7 nitrogen and oxygen atoms in total. The lowest BCUT2D eigenvalue weighted by Crippen LogP contribution is -2.34. The van der Waals surface area contributed by atoms with Crippen molar-refractivity contribution in [2.24, 2.45) is 0 Å². The van der Waals surface area contributed by atoms with Crippen molar-refractivity contribution in [1.29, 1.82) is 0 Å². The second-order valence-corrected chi connectivity index (χ2v) is 8.02. The fourth-order valence-electron chi connectivity index (χ4n) is 4.72. The zero-order valence-electron chi connectivity index (χ0n) is 19.1. The van der Waals surface area contributed by atoms with Gasteiger partial charge in [0.2, 0.25) is 0 Å². The maximum atomic E-state index is 13.4. The van der Waals surface area contributed by atoms with E-state index < -0.39 is 12.0 Å². The number of ether oxygens (including phenoxy) is 3. The van der Waals surface area contributed by atoms with Gasteiger partial charge >= 0.3 is 5.97 Å². The Morgan fingerprint density at radius 1 is 0.941 bits per heavy atom. The van der Waals surface area contributed by atoms with Crippen LogP contribution in [0.2, 0.25) is 0 Å². The molecule has 0 spiro atoms. The van der Waals surface area contributed by atoms with E-state index in [1.807, 2.05) is 60.7 Å². The van der Waals surface area contributed by atoms with Crippen molar-refractivity contribution in [3.05, 3.63) is 83.4 Å². The summed E-state index contributed by atoms with van der Waals surface area (Å²) in [5.74, 6) is 0.645. The summed E-state index contributed by atoms with van der Waals surface area (Å²) in [4.78, 5) is 30.8. The highest BCUT2D eigenvalue weighted by Crippen LogP contribution is 2.47. The molecule has 1 aliphatic heterocycles. The summed E-state index contributed by atoms with van der Waals surface area (Å²) >= 11 is 0. The van der Waals surface area contributed by atoms with Crippen molar-refractivity contribution in [3.63, 3.8) is 0 Å². The molecule has 172 valence electrons. The lowest BCUT2D eigenvalue weighted by molar-refractivity contribution is -0.141. The van der Waals surface area contributed by atoms with E-state index >= 15 is 0 Å². The first-order chi connectivity index (χ1) is 16.6. The number of H-pyrrole nitrogens is 1. The first-order valence-corrected chi connectivity index (χ1v) is 10.9. The van der Waals surface area contributed by atoms with Crippen LogP contribution in [0.25, 0.3) is 22.2 Å². The molecule has 1 amide bonds. The molecule has 34 heavy (non-hydrogen) atoms. The van der Waals surface area contributed by atoms with Crippen LogP contribution in [0.4, 0.5) is 0 Å². The second kappa shape index (κ2) is 8.59. The Morgan fingerprint density at radius 3 is 2.47 bits per heavy atom. The normalized spacial score (nSPS) is 14.9. The topological polar surface area (TPSA) is 80.9 Å². The van der Waals surface area contributed by atoms with E-state index in [9.17, 15) is 9.59 Å². The minimum Gasteiger partial charge on any atom is -0.497 e. The third kappa shape index (κ3) is 3.37. The SMILES string of the molecule is COC(=O)CN1C(=O)c2ccccc2[C@H]1c1c(-c2cc(OC)ccc2OC)[nH]c2ccccc12. The van der Waals surface area contributed by atoms with Crippen LogP contribution in [0.5, 0.6) is 11.5 Å². The summed E-state index contributed by atoms with van der Waals surface area (Å²) in [7, 11) is 4.55. The molecule has 0 bridgehead atoms. The summed E-state index contributed by atoms with van der Waals surface area (Å²) < 4.78 is 16.1. The van der Waals surface area contributed by atoms with Gasteiger partial charge in [-0.2, -0.15) is 0 Å². The number of aromatic nitrogens is 1. The number of hydrogen-bond donors (Lipinski definition) is 1. The van der Waals surface area contributed by atoms with Gasteiger partial charge in [0, 0.05) is 27.6 Å². The van der Waals surface area contributed by atoms with Crippen molar-refractivity contribution < 1.29 is 23.8 Å². The van der Waals surface area contributed by atoms with Gasteiger partial charge in [-0.15, -0.1) is 0 Å². The van der Waals surface area contributed by atoms with Gasteiger partial charge in [-0.05, 0) is 35.9 Å². The number of nitrogens with zero attached hydrogens (tertiary/aromatic N) is 1. The fourth-order valence-corrected chi connectivity index (χ4v) is 4.72. The molecule has 1 atom stereocenters. The van der Waals surface area contributed by atoms with Crippen LogP contribution >= 0.6 is 0 Å². The Hall–Kier alpha value is -4.26. The molecule has 0 radical (unpaired) electrons. The number of benzene rings is 3. The van der Waals surface area contributed by atoms with Gasteiger partial charge in [0.05, 0.1) is 33.1 Å². The van der Waals surface area contributed by atoms with Crippen LogP contribution in [-0.2, 0) is 9.53 Å². The van der Waals surface area contributed by atoms with Crippen LogP contribution in [0.1, 0.15) is 27.5 Å². The van der Waals surface area contributed by atoms with Gasteiger partial charge in [0.25, 0.3) is 5.91 Å². The van der Waals surface area contributed by atoms with Gasteiger partial charge < -0.3 is 24.1 Å². The van der Waals surface area contributed by atoms with Gasteiger partial charge in [0.1, 0.15) is 18.0 Å². The van der Waals surface area contributed by atoms with E-state index in [1.165, 1.54) is 7.11 Å². The molecule has 0 saturated carbocycles. The Bertz CT molecular complexity index is 1410. The average Bonchev–Trinajstić information content (AvgIpc) is 3.38. The number of aromatic amines is 1. The molecule has 4 aromatic rings. The number of nitrogens with one attached hydrogen (secondary N) is 1. The summed E-state index contributed by atoms with van der Waals surface area (Å²) in [5, 5.41) is 0.951. The molecule has 2 heterocycles. The highest BCUT2D eigenvalue weighted by molar-refractivity contribution is 6.03. The quantitative estimate of drug-likeness (QED) is 0.430. The minimum atomic E-state index is -0.496. The number of esters is 1. The molecule has 1 aliphatic rings. The number of fused-ring (bicyclic) bond motifs is 2. The average molecular weight is 456 g/mol. The summed E-state index contributed by atoms with van der Waals surface area (Å²) in [6.45, 7) is -0.164. The molecule has 7 heteroatoms. The summed E-state index contributed by atoms with van der Waals surface area (Å²) in [6.07, 6.45) is 0. The van der Waals surface area contributed by atoms with Gasteiger partial charge in [-0.3, -0.25) is 9.59 Å². The number of methoxy groups -OCH3 is 3. The monoisotopic (exact) mass is 456 g/mol.